The van der Waals surface area contributed by atoms with Gasteiger partial charge in [-0.15, -0.1) is 0 Å². The Morgan fingerprint density at radius 3 is 2.47 bits per heavy atom. The van der Waals surface area contributed by atoms with Crippen molar-refractivity contribution in [2.45, 2.75) is 13.8 Å². The van der Waals surface area contributed by atoms with Crippen LogP contribution < -0.4 is 5.73 Å². The van der Waals surface area contributed by atoms with Crippen LogP contribution in [0.3, 0.4) is 0 Å². The van der Waals surface area contributed by atoms with E-state index in [4.69, 9.17) is 5.73 Å². The second-order valence-corrected chi connectivity index (χ2v) is 3.46. The minimum absolute atomic E-state index is 0.327. The molecule has 2 aromatic rings. The average molecular weight is 205 g/mol. The summed E-state index contributed by atoms with van der Waals surface area (Å²) in [6.45, 7) is 3.72. The summed E-state index contributed by atoms with van der Waals surface area (Å²) in [6.07, 6.45) is 0. The normalized spacial score (nSPS) is 10.6. The fourth-order valence-electron chi connectivity index (χ4n) is 1.43. The van der Waals surface area contributed by atoms with Crippen molar-refractivity contribution in [1.29, 1.82) is 0 Å². The second kappa shape index (κ2) is 3.38. The molecule has 0 spiro atoms. The molecule has 0 unspecified atom stereocenters. The third-order valence-corrected chi connectivity index (χ3v) is 2.49. The Balaban J connectivity index is 2.65. The van der Waals surface area contributed by atoms with E-state index < -0.39 is 0 Å². The van der Waals surface area contributed by atoms with Gasteiger partial charge in [0.25, 0.3) is 0 Å². The lowest BCUT2D eigenvalue weighted by molar-refractivity contribution is 0.611. The molecule has 0 amide bonds. The van der Waals surface area contributed by atoms with Gasteiger partial charge in [-0.1, -0.05) is 12.1 Å². The number of nitrogen functional groups attached to an aromatic ring is 1. The Bertz CT molecular complexity index is 503. The Morgan fingerprint density at radius 1 is 1.27 bits per heavy atom. The molecule has 15 heavy (non-hydrogen) atoms. The molecule has 0 atom stereocenters. The van der Waals surface area contributed by atoms with Crippen molar-refractivity contribution in [3.63, 3.8) is 0 Å². The topological polar surface area (TPSA) is 43.8 Å². The number of halogens is 1. The van der Waals surface area contributed by atoms with Gasteiger partial charge in [0.2, 0.25) is 0 Å². The lowest BCUT2D eigenvalue weighted by Gasteiger charge is -2.04. The van der Waals surface area contributed by atoms with Crippen LogP contribution in [0.5, 0.6) is 0 Å². The number of aromatic nitrogens is 2. The molecule has 1 heterocycles. The maximum atomic E-state index is 13.5. The van der Waals surface area contributed by atoms with Crippen LogP contribution in [0.15, 0.2) is 24.3 Å². The quantitative estimate of drug-likeness (QED) is 0.775. The predicted molar refractivity (Wildman–Crippen MR) is 57.4 cm³/mol. The van der Waals surface area contributed by atoms with E-state index in [2.05, 4.69) is 5.10 Å². The summed E-state index contributed by atoms with van der Waals surface area (Å²) in [4.78, 5) is 0. The molecule has 0 fully saturated rings. The van der Waals surface area contributed by atoms with Crippen molar-refractivity contribution in [1.82, 2.24) is 9.78 Å². The van der Waals surface area contributed by atoms with E-state index >= 15 is 0 Å². The van der Waals surface area contributed by atoms with Crippen LogP contribution in [-0.4, -0.2) is 9.78 Å². The Hall–Kier alpha value is -1.84. The van der Waals surface area contributed by atoms with Gasteiger partial charge in [-0.3, -0.25) is 0 Å². The number of hydrogen-bond acceptors (Lipinski definition) is 2. The molecule has 0 aliphatic rings. The number of rotatable bonds is 1. The largest absolute Gasteiger partial charge is 0.383 e. The molecule has 0 bridgehead atoms. The molecule has 3 nitrogen and oxygen atoms in total. The number of aryl methyl sites for hydroxylation is 1. The van der Waals surface area contributed by atoms with E-state index in [0.717, 1.165) is 11.3 Å². The van der Waals surface area contributed by atoms with Gasteiger partial charge in [-0.2, -0.15) is 5.10 Å². The summed E-state index contributed by atoms with van der Waals surface area (Å²) in [6, 6.07) is 6.43. The van der Waals surface area contributed by atoms with Crippen LogP contribution in [0.1, 0.15) is 11.3 Å². The van der Waals surface area contributed by atoms with E-state index in [1.165, 1.54) is 10.7 Å². The summed E-state index contributed by atoms with van der Waals surface area (Å²) < 4.78 is 14.9. The van der Waals surface area contributed by atoms with Gasteiger partial charge in [-0.25, -0.2) is 9.07 Å². The predicted octanol–water partition coefficient (Wildman–Crippen LogP) is 2.21. The number of nitrogens with two attached hydrogens (primary N) is 1. The van der Waals surface area contributed by atoms with E-state index in [1.54, 1.807) is 18.2 Å². The minimum Gasteiger partial charge on any atom is -0.383 e. The van der Waals surface area contributed by atoms with Crippen LogP contribution >= 0.6 is 0 Å². The lowest BCUT2D eigenvalue weighted by Crippen LogP contribution is -2.04. The fraction of sp³-hybridized carbons (Fsp3) is 0.182. The van der Waals surface area contributed by atoms with Crippen LogP contribution in [0.2, 0.25) is 0 Å². The maximum Gasteiger partial charge on any atom is 0.148 e. The third-order valence-electron chi connectivity index (χ3n) is 2.49. The van der Waals surface area contributed by atoms with Gasteiger partial charge in [0.1, 0.15) is 17.3 Å². The first kappa shape index (κ1) is 9.71. The van der Waals surface area contributed by atoms with Gasteiger partial charge in [-0.05, 0) is 26.0 Å². The van der Waals surface area contributed by atoms with E-state index in [1.807, 2.05) is 13.8 Å². The number of benzene rings is 1. The highest BCUT2D eigenvalue weighted by Gasteiger charge is 2.12. The van der Waals surface area contributed by atoms with Crippen molar-refractivity contribution in [2.24, 2.45) is 0 Å². The summed E-state index contributed by atoms with van der Waals surface area (Å²) >= 11 is 0. The Kier molecular flexibility index (Phi) is 2.19. The molecule has 0 saturated carbocycles. The van der Waals surface area contributed by atoms with Crippen molar-refractivity contribution in [3.8, 4) is 5.69 Å². The van der Waals surface area contributed by atoms with E-state index in [9.17, 15) is 4.39 Å². The second-order valence-electron chi connectivity index (χ2n) is 3.46. The van der Waals surface area contributed by atoms with Crippen LogP contribution in [-0.2, 0) is 0 Å². The van der Waals surface area contributed by atoms with Gasteiger partial charge in [0.15, 0.2) is 0 Å². The van der Waals surface area contributed by atoms with Crippen molar-refractivity contribution >= 4 is 5.82 Å². The summed E-state index contributed by atoms with van der Waals surface area (Å²) in [5.41, 5.74) is 7.92. The highest BCUT2D eigenvalue weighted by molar-refractivity contribution is 5.49. The molecular formula is C11H12FN3. The third kappa shape index (κ3) is 1.48. The number of hydrogen-bond donors (Lipinski definition) is 1. The minimum atomic E-state index is -0.327. The molecular weight excluding hydrogens is 193 g/mol. The molecule has 0 saturated heterocycles. The summed E-state index contributed by atoms with van der Waals surface area (Å²) in [7, 11) is 0. The van der Waals surface area contributed by atoms with Gasteiger partial charge in [0, 0.05) is 5.56 Å². The molecule has 0 aliphatic heterocycles. The first-order chi connectivity index (χ1) is 7.11. The maximum absolute atomic E-state index is 13.5. The molecule has 78 valence electrons. The number of para-hydroxylation sites is 1. The molecule has 2 rings (SSSR count). The van der Waals surface area contributed by atoms with Crippen LogP contribution in [0.4, 0.5) is 10.2 Å². The zero-order valence-electron chi connectivity index (χ0n) is 8.66. The van der Waals surface area contributed by atoms with E-state index in [-0.39, 0.29) is 5.82 Å². The zero-order chi connectivity index (χ0) is 11.0. The SMILES string of the molecule is Cc1nn(-c2ccccc2F)c(N)c1C. The summed E-state index contributed by atoms with van der Waals surface area (Å²) in [5, 5.41) is 4.19. The standard InChI is InChI=1S/C11H12FN3/c1-7-8(2)14-15(11(7)13)10-6-4-3-5-9(10)12/h3-6H,13H2,1-2H3. The first-order valence-electron chi connectivity index (χ1n) is 4.68. The molecule has 4 heteroatoms. The molecule has 2 N–H and O–H groups in total. The van der Waals surface area contributed by atoms with E-state index in [0.29, 0.717) is 11.5 Å². The van der Waals surface area contributed by atoms with Gasteiger partial charge in [0.05, 0.1) is 5.69 Å². The molecule has 0 radical (unpaired) electrons. The van der Waals surface area contributed by atoms with Crippen LogP contribution in [0.25, 0.3) is 5.69 Å². The fourth-order valence-corrected chi connectivity index (χ4v) is 1.43. The monoisotopic (exact) mass is 205 g/mol. The number of anilines is 1. The lowest BCUT2D eigenvalue weighted by atomic mass is 10.3. The van der Waals surface area contributed by atoms with Gasteiger partial charge >= 0.3 is 0 Å². The average Bonchev–Trinajstić information content (AvgIpc) is 2.47. The zero-order valence-corrected chi connectivity index (χ0v) is 8.66. The first-order valence-corrected chi connectivity index (χ1v) is 4.68. The number of nitrogens with zero attached hydrogens (tertiary/aromatic N) is 2. The van der Waals surface area contributed by atoms with Gasteiger partial charge < -0.3 is 5.73 Å². The highest BCUT2D eigenvalue weighted by atomic mass is 19.1. The van der Waals surface area contributed by atoms with Crippen molar-refractivity contribution in [3.05, 3.63) is 41.3 Å². The molecule has 1 aromatic heterocycles. The Morgan fingerprint density at radius 2 is 1.93 bits per heavy atom. The molecule has 0 aliphatic carbocycles. The summed E-state index contributed by atoms with van der Waals surface area (Å²) in [5.74, 6) is 0.157. The van der Waals surface area contributed by atoms with Crippen molar-refractivity contribution < 1.29 is 4.39 Å². The molecule has 1 aromatic carbocycles. The van der Waals surface area contributed by atoms with Crippen molar-refractivity contribution in [2.75, 3.05) is 5.73 Å². The highest BCUT2D eigenvalue weighted by Crippen LogP contribution is 2.21. The smallest absolute Gasteiger partial charge is 0.148 e. The van der Waals surface area contributed by atoms with Crippen LogP contribution in [0, 0.1) is 19.7 Å². The Labute approximate surface area is 87.3 Å².